The van der Waals surface area contributed by atoms with Crippen molar-refractivity contribution in [2.75, 3.05) is 0 Å². The Bertz CT molecular complexity index is 118. The van der Waals surface area contributed by atoms with E-state index in [-0.39, 0.29) is 30.4 Å². The van der Waals surface area contributed by atoms with E-state index in [2.05, 4.69) is 5.32 Å². The number of carbonyl (C=O) groups is 1. The molecule has 9 heavy (non-hydrogen) atoms. The van der Waals surface area contributed by atoms with Gasteiger partial charge in [0.2, 0.25) is 5.91 Å². The molecule has 0 aliphatic heterocycles. The second-order valence-corrected chi connectivity index (χ2v) is 2.21. The molecular weight excluding hydrogens is 140 g/mol. The molecule has 1 aliphatic carbocycles. The molecule has 0 bridgehead atoms. The van der Waals surface area contributed by atoms with E-state index in [1.54, 1.807) is 0 Å². The van der Waals surface area contributed by atoms with Crippen molar-refractivity contribution in [3.05, 3.63) is 0 Å². The fourth-order valence-electron chi connectivity index (χ4n) is 0.642. The molecule has 0 aromatic rings. The number of amides is 1. The van der Waals surface area contributed by atoms with Gasteiger partial charge in [0.05, 0.1) is 0 Å². The Morgan fingerprint density at radius 2 is 2.22 bits per heavy atom. The Balaban J connectivity index is 0.000000640. The van der Waals surface area contributed by atoms with E-state index < -0.39 is 0 Å². The second-order valence-electron chi connectivity index (χ2n) is 2.21. The lowest BCUT2D eigenvalue weighted by molar-refractivity contribution is -0.119. The van der Waals surface area contributed by atoms with Gasteiger partial charge in [-0.25, -0.2) is 0 Å². The maximum atomic E-state index is 10.3. The molecule has 2 unspecified atom stereocenters. The number of hydrogen-bond donors (Lipinski definition) is 2. The van der Waals surface area contributed by atoms with Crippen molar-refractivity contribution in [3.63, 3.8) is 0 Å². The van der Waals surface area contributed by atoms with Crippen LogP contribution in [0.25, 0.3) is 0 Å². The Hall–Kier alpha value is -0.280. The maximum Gasteiger partial charge on any atom is 0.217 e. The molecule has 1 aliphatic rings. The molecule has 54 valence electrons. The molecule has 1 saturated carbocycles. The summed E-state index contributed by atoms with van der Waals surface area (Å²) < 4.78 is 0. The zero-order chi connectivity index (χ0) is 6.15. The minimum absolute atomic E-state index is 0. The summed E-state index contributed by atoms with van der Waals surface area (Å²) in [6.45, 7) is 1.50. The summed E-state index contributed by atoms with van der Waals surface area (Å²) in [6, 6.07) is 0.492. The van der Waals surface area contributed by atoms with Crippen LogP contribution in [0.5, 0.6) is 0 Å². The summed E-state index contributed by atoms with van der Waals surface area (Å²) in [7, 11) is 0. The van der Waals surface area contributed by atoms with E-state index in [4.69, 9.17) is 5.73 Å². The van der Waals surface area contributed by atoms with Crippen molar-refractivity contribution in [1.82, 2.24) is 5.32 Å². The van der Waals surface area contributed by atoms with E-state index in [1.807, 2.05) is 0 Å². The van der Waals surface area contributed by atoms with Crippen LogP contribution in [0.3, 0.4) is 0 Å². The molecule has 3 N–H and O–H groups in total. The van der Waals surface area contributed by atoms with Crippen LogP contribution in [0.4, 0.5) is 0 Å². The van der Waals surface area contributed by atoms with Gasteiger partial charge in [-0.05, 0) is 6.42 Å². The zero-order valence-electron chi connectivity index (χ0n) is 5.26. The van der Waals surface area contributed by atoms with Gasteiger partial charge < -0.3 is 11.1 Å². The van der Waals surface area contributed by atoms with Gasteiger partial charge in [0.15, 0.2) is 0 Å². The molecule has 1 rings (SSSR count). The highest BCUT2D eigenvalue weighted by Gasteiger charge is 2.33. The summed E-state index contributed by atoms with van der Waals surface area (Å²) >= 11 is 0. The first-order valence-electron chi connectivity index (χ1n) is 2.73. The third-order valence-corrected chi connectivity index (χ3v) is 1.23. The molecular formula is C5H11ClN2O. The Morgan fingerprint density at radius 3 is 2.33 bits per heavy atom. The highest BCUT2D eigenvalue weighted by atomic mass is 35.5. The zero-order valence-corrected chi connectivity index (χ0v) is 6.07. The highest BCUT2D eigenvalue weighted by molar-refractivity contribution is 5.85. The molecule has 1 fully saturated rings. The fraction of sp³-hybridized carbons (Fsp3) is 0.800. The van der Waals surface area contributed by atoms with E-state index >= 15 is 0 Å². The minimum atomic E-state index is 0. The molecule has 0 radical (unpaired) electrons. The Morgan fingerprint density at radius 1 is 1.78 bits per heavy atom. The normalized spacial score (nSPS) is 30.4. The Labute approximate surface area is 60.4 Å². The van der Waals surface area contributed by atoms with Crippen molar-refractivity contribution < 1.29 is 4.79 Å². The van der Waals surface area contributed by atoms with Gasteiger partial charge in [0.25, 0.3) is 0 Å². The number of halogens is 1. The summed E-state index contributed by atoms with van der Waals surface area (Å²) in [4.78, 5) is 10.3. The van der Waals surface area contributed by atoms with Gasteiger partial charge in [-0.15, -0.1) is 12.4 Å². The van der Waals surface area contributed by atoms with Gasteiger partial charge in [-0.3, -0.25) is 4.79 Å². The first-order chi connectivity index (χ1) is 3.70. The number of hydrogen-bond acceptors (Lipinski definition) is 2. The van der Waals surface area contributed by atoms with Gasteiger partial charge >= 0.3 is 0 Å². The molecule has 3 nitrogen and oxygen atoms in total. The summed E-state index contributed by atoms with van der Waals surface area (Å²) in [6.07, 6.45) is 0.944. The topological polar surface area (TPSA) is 55.1 Å². The molecule has 0 saturated heterocycles. The van der Waals surface area contributed by atoms with E-state index in [0.717, 1.165) is 6.42 Å². The van der Waals surface area contributed by atoms with Crippen LogP contribution in [0, 0.1) is 0 Å². The van der Waals surface area contributed by atoms with Crippen LogP contribution in [0.1, 0.15) is 13.3 Å². The van der Waals surface area contributed by atoms with E-state index in [9.17, 15) is 4.79 Å². The molecule has 0 aromatic heterocycles. The van der Waals surface area contributed by atoms with Crippen molar-refractivity contribution in [2.24, 2.45) is 5.73 Å². The smallest absolute Gasteiger partial charge is 0.217 e. The number of nitrogens with two attached hydrogens (primary N) is 1. The quantitative estimate of drug-likeness (QED) is 0.537. The second kappa shape index (κ2) is 3.03. The average molecular weight is 151 g/mol. The van der Waals surface area contributed by atoms with Crippen LogP contribution in [-0.4, -0.2) is 18.0 Å². The number of carbonyl (C=O) groups excluding carboxylic acids is 1. The van der Waals surface area contributed by atoms with Crippen LogP contribution in [0.15, 0.2) is 0 Å². The first-order valence-corrected chi connectivity index (χ1v) is 2.73. The molecule has 0 spiro atoms. The number of rotatable bonds is 1. The van der Waals surface area contributed by atoms with Crippen LogP contribution >= 0.6 is 12.4 Å². The molecule has 4 heteroatoms. The summed E-state index contributed by atoms with van der Waals surface area (Å²) in [5.74, 6) is 0.0166. The average Bonchev–Trinajstić information content (AvgIpc) is 2.17. The summed E-state index contributed by atoms with van der Waals surface area (Å²) in [5, 5.41) is 2.70. The lowest BCUT2D eigenvalue weighted by Gasteiger charge is -1.94. The van der Waals surface area contributed by atoms with Gasteiger partial charge in [0, 0.05) is 19.0 Å². The van der Waals surface area contributed by atoms with Crippen molar-refractivity contribution >= 4 is 18.3 Å². The molecule has 1 amide bonds. The van der Waals surface area contributed by atoms with E-state index in [0.29, 0.717) is 0 Å². The third kappa shape index (κ3) is 2.67. The van der Waals surface area contributed by atoms with E-state index in [1.165, 1.54) is 6.92 Å². The third-order valence-electron chi connectivity index (χ3n) is 1.23. The maximum absolute atomic E-state index is 10.3. The highest BCUT2D eigenvalue weighted by Crippen LogP contribution is 2.16. The predicted octanol–water partition coefficient (Wildman–Crippen LogP) is -0.356. The van der Waals surface area contributed by atoms with Crippen LogP contribution in [-0.2, 0) is 4.79 Å². The summed E-state index contributed by atoms with van der Waals surface area (Å²) in [5.41, 5.74) is 5.40. The van der Waals surface area contributed by atoms with Crippen LogP contribution in [0.2, 0.25) is 0 Å². The fourth-order valence-corrected chi connectivity index (χ4v) is 0.642. The van der Waals surface area contributed by atoms with Gasteiger partial charge in [-0.1, -0.05) is 0 Å². The van der Waals surface area contributed by atoms with Crippen LogP contribution < -0.4 is 11.1 Å². The van der Waals surface area contributed by atoms with Gasteiger partial charge in [0.1, 0.15) is 0 Å². The van der Waals surface area contributed by atoms with Crippen molar-refractivity contribution in [1.29, 1.82) is 0 Å². The van der Waals surface area contributed by atoms with Crippen molar-refractivity contribution in [3.8, 4) is 0 Å². The Kier molecular flexibility index (Phi) is 2.94. The first kappa shape index (κ1) is 8.72. The monoisotopic (exact) mass is 150 g/mol. The minimum Gasteiger partial charge on any atom is -0.352 e. The SMILES string of the molecule is CC(=O)NC1CC1N.Cl. The lowest BCUT2D eigenvalue weighted by Crippen LogP contribution is -2.26. The number of nitrogens with one attached hydrogen (secondary N) is 1. The lowest BCUT2D eigenvalue weighted by atomic mass is 10.6. The molecule has 0 aromatic carbocycles. The predicted molar refractivity (Wildman–Crippen MR) is 37.4 cm³/mol. The standard InChI is InChI=1S/C5H10N2O.ClH/c1-3(8)7-5-2-4(5)6;/h4-5H,2,6H2,1H3,(H,7,8);1H. The largest absolute Gasteiger partial charge is 0.352 e. The van der Waals surface area contributed by atoms with Gasteiger partial charge in [-0.2, -0.15) is 0 Å². The molecule has 2 atom stereocenters. The van der Waals surface area contributed by atoms with Crippen molar-refractivity contribution in [2.45, 2.75) is 25.4 Å². The molecule has 0 heterocycles.